The van der Waals surface area contributed by atoms with Gasteiger partial charge in [0.25, 0.3) is 5.91 Å². The van der Waals surface area contributed by atoms with E-state index in [4.69, 9.17) is 10.5 Å². The van der Waals surface area contributed by atoms with Crippen LogP contribution >= 0.6 is 0 Å². The van der Waals surface area contributed by atoms with Gasteiger partial charge < -0.3 is 21.1 Å². The molecule has 0 aliphatic heterocycles. The van der Waals surface area contributed by atoms with Gasteiger partial charge in [-0.25, -0.2) is 9.18 Å². The Bertz CT molecular complexity index is 1130. The van der Waals surface area contributed by atoms with E-state index in [1.165, 1.54) is 6.07 Å². The zero-order valence-electron chi connectivity index (χ0n) is 16.7. The van der Waals surface area contributed by atoms with Gasteiger partial charge >= 0.3 is 6.09 Å². The van der Waals surface area contributed by atoms with E-state index in [1.54, 1.807) is 48.5 Å². The Hall–Kier alpha value is -3.87. The third kappa shape index (κ3) is 4.66. The predicted octanol–water partition coefficient (Wildman–Crippen LogP) is 4.57. The van der Waals surface area contributed by atoms with Gasteiger partial charge in [0.1, 0.15) is 12.4 Å². The largest absolute Gasteiger partial charge is 0.445 e. The molecule has 1 unspecified atom stereocenters. The predicted molar refractivity (Wildman–Crippen MR) is 116 cm³/mol. The van der Waals surface area contributed by atoms with Crippen LogP contribution < -0.4 is 16.4 Å². The number of ether oxygens (including phenoxy) is 1. The van der Waals surface area contributed by atoms with Crippen LogP contribution in [0.25, 0.3) is 0 Å². The highest BCUT2D eigenvalue weighted by atomic mass is 19.1. The summed E-state index contributed by atoms with van der Waals surface area (Å²) in [5.41, 5.74) is 9.71. The summed E-state index contributed by atoms with van der Waals surface area (Å²) in [6, 6.07) is 18.4. The molecule has 158 valence electrons. The number of rotatable bonds is 5. The molecule has 7 heteroatoms. The lowest BCUT2D eigenvalue weighted by Gasteiger charge is -2.15. The minimum Gasteiger partial charge on any atom is -0.445 e. The molecule has 4 rings (SSSR count). The molecule has 2 amide bonds. The first-order valence-electron chi connectivity index (χ1n) is 9.96. The lowest BCUT2D eigenvalue weighted by Crippen LogP contribution is -2.27. The fourth-order valence-electron chi connectivity index (χ4n) is 3.66. The van der Waals surface area contributed by atoms with Crippen molar-refractivity contribution in [2.24, 2.45) is 0 Å². The molecule has 0 aromatic heterocycles. The number of hydrogen-bond donors (Lipinski definition) is 3. The maximum absolute atomic E-state index is 13.7. The summed E-state index contributed by atoms with van der Waals surface area (Å²) < 4.78 is 18.8. The highest BCUT2D eigenvalue weighted by Gasteiger charge is 2.25. The second-order valence-electron chi connectivity index (χ2n) is 7.36. The van der Waals surface area contributed by atoms with Crippen molar-refractivity contribution < 1.29 is 18.7 Å². The zero-order valence-corrected chi connectivity index (χ0v) is 16.7. The Morgan fingerprint density at radius 2 is 1.84 bits per heavy atom. The van der Waals surface area contributed by atoms with Gasteiger partial charge in [-0.3, -0.25) is 4.79 Å². The molecule has 3 aromatic rings. The third-order valence-electron chi connectivity index (χ3n) is 5.30. The average Bonchev–Trinajstić information content (AvgIpc) is 3.16. The number of para-hydroxylation sites is 2. The molecule has 0 saturated carbocycles. The van der Waals surface area contributed by atoms with E-state index in [-0.39, 0.29) is 18.6 Å². The van der Waals surface area contributed by atoms with Gasteiger partial charge in [0.05, 0.1) is 17.4 Å². The Kier molecular flexibility index (Phi) is 5.84. The van der Waals surface area contributed by atoms with Crippen molar-refractivity contribution in [3.05, 3.63) is 94.8 Å². The van der Waals surface area contributed by atoms with Crippen LogP contribution in [-0.4, -0.2) is 12.0 Å². The van der Waals surface area contributed by atoms with Gasteiger partial charge in [-0.2, -0.15) is 0 Å². The number of hydrogen-bond acceptors (Lipinski definition) is 4. The first-order chi connectivity index (χ1) is 15.0. The van der Waals surface area contributed by atoms with Crippen molar-refractivity contribution in [1.82, 2.24) is 5.32 Å². The fraction of sp³-hybridized carbons (Fsp3) is 0.167. The molecular weight excluding hydrogens is 397 g/mol. The van der Waals surface area contributed by atoms with E-state index in [2.05, 4.69) is 10.6 Å². The number of nitrogens with two attached hydrogens (primary N) is 1. The molecular formula is C24H22FN3O3. The van der Waals surface area contributed by atoms with Crippen molar-refractivity contribution in [2.45, 2.75) is 25.5 Å². The molecule has 1 atom stereocenters. The fourth-order valence-corrected chi connectivity index (χ4v) is 3.66. The van der Waals surface area contributed by atoms with Crippen LogP contribution in [0, 0.1) is 5.82 Å². The number of nitrogen functional groups attached to an aromatic ring is 1. The van der Waals surface area contributed by atoms with E-state index < -0.39 is 11.9 Å². The van der Waals surface area contributed by atoms with E-state index in [0.717, 1.165) is 17.5 Å². The van der Waals surface area contributed by atoms with Crippen molar-refractivity contribution in [1.29, 1.82) is 0 Å². The summed E-state index contributed by atoms with van der Waals surface area (Å²) in [4.78, 5) is 24.8. The van der Waals surface area contributed by atoms with E-state index in [1.807, 2.05) is 12.1 Å². The number of fused-ring (bicyclic) bond motifs is 1. The number of carbonyl (C=O) groups is 2. The van der Waals surface area contributed by atoms with Gasteiger partial charge in [-0.05, 0) is 54.3 Å². The molecule has 1 aliphatic carbocycles. The Morgan fingerprint density at radius 3 is 2.65 bits per heavy atom. The van der Waals surface area contributed by atoms with Gasteiger partial charge in [-0.15, -0.1) is 0 Å². The Morgan fingerprint density at radius 1 is 1.06 bits per heavy atom. The van der Waals surface area contributed by atoms with Crippen LogP contribution in [0.1, 0.15) is 39.5 Å². The van der Waals surface area contributed by atoms with Crippen LogP contribution in [0.5, 0.6) is 0 Å². The average molecular weight is 419 g/mol. The molecule has 4 N–H and O–H groups in total. The van der Waals surface area contributed by atoms with Crippen LogP contribution in [0.4, 0.5) is 20.6 Å². The third-order valence-corrected chi connectivity index (χ3v) is 5.30. The lowest BCUT2D eigenvalue weighted by molar-refractivity contribution is 0.102. The molecule has 0 heterocycles. The summed E-state index contributed by atoms with van der Waals surface area (Å²) >= 11 is 0. The normalized spacial score (nSPS) is 14.5. The molecule has 0 saturated heterocycles. The van der Waals surface area contributed by atoms with Crippen molar-refractivity contribution >= 4 is 23.4 Å². The number of benzene rings is 3. The quantitative estimate of drug-likeness (QED) is 0.528. The Balaban J connectivity index is 1.38. The number of alkyl carbamates (subject to hydrolysis) is 1. The van der Waals surface area contributed by atoms with Gasteiger partial charge in [0.2, 0.25) is 0 Å². The van der Waals surface area contributed by atoms with E-state index in [0.29, 0.717) is 28.9 Å². The standard InChI is InChI=1S/C24H22FN3O3/c25-19-6-2-1-5-17(19)14-31-24(30)28-21-12-10-15-13-16(9-11-18(15)21)23(29)27-22-8-4-3-7-20(22)26/h1-9,11,13,21H,10,12,14,26H2,(H,27,29)(H,28,30). The molecule has 0 spiro atoms. The maximum Gasteiger partial charge on any atom is 0.407 e. The second kappa shape index (κ2) is 8.87. The minimum absolute atomic E-state index is 0.139. The van der Waals surface area contributed by atoms with Crippen molar-refractivity contribution in [2.75, 3.05) is 11.1 Å². The molecule has 1 aliphatic rings. The summed E-state index contributed by atoms with van der Waals surface area (Å²) in [5, 5.41) is 5.63. The van der Waals surface area contributed by atoms with Crippen LogP contribution in [0.3, 0.4) is 0 Å². The molecule has 31 heavy (non-hydrogen) atoms. The first-order valence-corrected chi connectivity index (χ1v) is 9.96. The van der Waals surface area contributed by atoms with Crippen LogP contribution in [-0.2, 0) is 17.8 Å². The number of anilines is 2. The molecule has 0 fully saturated rings. The zero-order chi connectivity index (χ0) is 21.8. The molecule has 3 aromatic carbocycles. The van der Waals surface area contributed by atoms with Crippen molar-refractivity contribution in [3.63, 3.8) is 0 Å². The highest BCUT2D eigenvalue weighted by molar-refractivity contribution is 6.05. The number of aryl methyl sites for hydroxylation is 1. The second-order valence-corrected chi connectivity index (χ2v) is 7.36. The minimum atomic E-state index is -0.609. The van der Waals surface area contributed by atoms with Gasteiger partial charge in [0.15, 0.2) is 0 Å². The van der Waals surface area contributed by atoms with Crippen LogP contribution in [0.2, 0.25) is 0 Å². The van der Waals surface area contributed by atoms with E-state index >= 15 is 0 Å². The highest BCUT2D eigenvalue weighted by Crippen LogP contribution is 2.32. The summed E-state index contributed by atoms with van der Waals surface area (Å²) in [6.07, 6.45) is 0.811. The number of halogens is 1. The van der Waals surface area contributed by atoms with Gasteiger partial charge in [-0.1, -0.05) is 36.4 Å². The SMILES string of the molecule is Nc1ccccc1NC(=O)c1ccc2c(c1)CCC2NC(=O)OCc1ccccc1F. The molecule has 6 nitrogen and oxygen atoms in total. The smallest absolute Gasteiger partial charge is 0.407 e. The summed E-state index contributed by atoms with van der Waals surface area (Å²) in [5.74, 6) is -0.661. The maximum atomic E-state index is 13.7. The topological polar surface area (TPSA) is 93.5 Å². The van der Waals surface area contributed by atoms with Gasteiger partial charge in [0, 0.05) is 11.1 Å². The summed E-state index contributed by atoms with van der Waals surface area (Å²) in [6.45, 7) is -0.139. The lowest BCUT2D eigenvalue weighted by atomic mass is 10.0. The van der Waals surface area contributed by atoms with E-state index in [9.17, 15) is 14.0 Å². The molecule has 0 bridgehead atoms. The van der Waals surface area contributed by atoms with Crippen LogP contribution in [0.15, 0.2) is 66.7 Å². The van der Waals surface area contributed by atoms with Crippen molar-refractivity contribution in [3.8, 4) is 0 Å². The number of nitrogens with one attached hydrogen (secondary N) is 2. The number of amides is 2. The monoisotopic (exact) mass is 419 g/mol. The number of carbonyl (C=O) groups excluding carboxylic acids is 2. The molecule has 0 radical (unpaired) electrons. The Labute approximate surface area is 179 Å². The first kappa shape index (κ1) is 20.4. The summed E-state index contributed by atoms with van der Waals surface area (Å²) in [7, 11) is 0.